The third-order valence-electron chi connectivity index (χ3n) is 13.9. The van der Waals surface area contributed by atoms with Gasteiger partial charge in [0.05, 0.1) is 0 Å². The van der Waals surface area contributed by atoms with E-state index in [9.17, 15) is 0 Å². The van der Waals surface area contributed by atoms with Gasteiger partial charge in [0.1, 0.15) is 0 Å². The van der Waals surface area contributed by atoms with Gasteiger partial charge in [0, 0.05) is 34.1 Å². The van der Waals surface area contributed by atoms with Crippen molar-refractivity contribution in [2.45, 2.75) is 66.2 Å². The molecule has 69 heavy (non-hydrogen) atoms. The minimum Gasteiger partial charge on any atom is -0.659 e. The zero-order valence-electron chi connectivity index (χ0n) is 40.9. The molecule has 0 aliphatic carbocycles. The van der Waals surface area contributed by atoms with Crippen LogP contribution in [0.1, 0.15) is 81.5 Å². The Bertz CT molecular complexity index is 2940. The standard InChI is InChI=1S/C31H21BN3.C29H37N4.Pt/c1-20-18-27-31-28(19-20)35(22-12-6-3-7-13-22)26-17-9-15-24-30(26)32(31)29-23(33-24)14-8-16-25(29)34(27)21-10-4-2-5-11-21;1-20(2)23-15-27(21(3)4)29(28(16-23)22(5)6)24-13-25(32-11-9-30(7)18-32)17-26(14-24)33-12-10-31(8)19-33;/h2-19H,1H3;9-16,18-22H,1-8H3;/q-1;-3;+4. The van der Waals surface area contributed by atoms with Gasteiger partial charge >= 0.3 is 21.1 Å². The Hall–Kier alpha value is -6.63. The van der Waals surface area contributed by atoms with E-state index in [-0.39, 0.29) is 27.8 Å². The Morgan fingerprint density at radius 2 is 0.971 bits per heavy atom. The van der Waals surface area contributed by atoms with Crippen LogP contribution in [0, 0.1) is 26.3 Å². The van der Waals surface area contributed by atoms with Crippen LogP contribution in [0.2, 0.25) is 0 Å². The summed E-state index contributed by atoms with van der Waals surface area (Å²) in [5, 5.41) is 5.19. The number of hydrogen-bond acceptors (Lipinski definition) is 6. The van der Waals surface area contributed by atoms with Crippen molar-refractivity contribution >= 4 is 80.0 Å². The SMILES string of the molecule is CC(C)c1cc(C(C)C)c(-c2cc(N3C=CN(C)[CH-]3)[c-]c(N3C=CN(C)[CH-]3)c2)c(C(C)C)c1.Cc1cc2c3c(c1)N(c1ccccc1)c1cccc4c1B3c1c(cccc1N2c1ccccc1)[N-]4.[Pt+4]. The van der Waals surface area contributed by atoms with Gasteiger partial charge in [0.2, 0.25) is 6.71 Å². The quantitative estimate of drug-likeness (QED) is 0.111. The minimum absolute atomic E-state index is 0. The first kappa shape index (κ1) is 46.1. The van der Waals surface area contributed by atoms with E-state index >= 15 is 0 Å². The predicted octanol–water partition coefficient (Wildman–Crippen LogP) is 13.9. The summed E-state index contributed by atoms with van der Waals surface area (Å²) in [6.07, 6.45) is 8.30. The first-order valence-electron chi connectivity index (χ1n) is 24.1. The molecule has 7 aromatic carbocycles. The van der Waals surface area contributed by atoms with Crippen molar-refractivity contribution in [3.63, 3.8) is 0 Å². The molecule has 0 aromatic heterocycles. The number of hydrogen-bond donors (Lipinski definition) is 0. The van der Waals surface area contributed by atoms with E-state index < -0.39 is 0 Å². The number of anilines is 8. The fourth-order valence-electron chi connectivity index (χ4n) is 10.7. The summed E-state index contributed by atoms with van der Waals surface area (Å²) >= 11 is 0. The molecular formula is C60H58BN7Pt. The summed E-state index contributed by atoms with van der Waals surface area (Å²) in [6, 6.07) is 52.3. The predicted molar refractivity (Wildman–Crippen MR) is 288 cm³/mol. The Kier molecular flexibility index (Phi) is 12.3. The Morgan fingerprint density at radius 1 is 0.507 bits per heavy atom. The molecule has 0 radical (unpaired) electrons. The smallest absolute Gasteiger partial charge is 0.659 e. The molecule has 9 heteroatoms. The summed E-state index contributed by atoms with van der Waals surface area (Å²) in [5.74, 6) is 1.37. The molecule has 0 saturated heterocycles. The van der Waals surface area contributed by atoms with Crippen LogP contribution >= 0.6 is 0 Å². The van der Waals surface area contributed by atoms with Crippen LogP contribution in [-0.4, -0.2) is 30.6 Å². The molecule has 5 heterocycles. The van der Waals surface area contributed by atoms with Gasteiger partial charge < -0.3 is 34.7 Å². The molecule has 0 spiro atoms. The first-order chi connectivity index (χ1) is 32.9. The minimum atomic E-state index is 0. The van der Waals surface area contributed by atoms with E-state index in [0.717, 1.165) is 22.7 Å². The Morgan fingerprint density at radius 3 is 1.38 bits per heavy atom. The monoisotopic (exact) mass is 1080 g/mol. The van der Waals surface area contributed by atoms with Crippen molar-refractivity contribution < 1.29 is 21.1 Å². The van der Waals surface area contributed by atoms with E-state index in [4.69, 9.17) is 5.32 Å². The largest absolute Gasteiger partial charge is 4.00 e. The van der Waals surface area contributed by atoms with Crippen LogP contribution in [0.25, 0.3) is 16.4 Å². The van der Waals surface area contributed by atoms with Gasteiger partial charge in [-0.15, -0.1) is 46.5 Å². The average molecular weight is 1080 g/mol. The third kappa shape index (κ3) is 8.11. The molecule has 0 saturated carbocycles. The summed E-state index contributed by atoms with van der Waals surface area (Å²) in [6.45, 7) is 20.3. The van der Waals surface area contributed by atoms with Crippen molar-refractivity contribution in [2.24, 2.45) is 0 Å². The maximum absolute atomic E-state index is 5.19. The number of para-hydroxylation sites is 2. The van der Waals surface area contributed by atoms with E-state index in [0.29, 0.717) is 17.8 Å². The molecule has 5 aliphatic heterocycles. The van der Waals surface area contributed by atoms with Gasteiger partial charge in [-0.25, -0.2) is 0 Å². The molecule has 0 atom stereocenters. The molecular weight excluding hydrogens is 1020 g/mol. The fraction of sp³-hybridized carbons (Fsp3) is 0.200. The number of nitrogens with zero attached hydrogens (tertiary/aromatic N) is 7. The van der Waals surface area contributed by atoms with E-state index in [1.165, 1.54) is 83.9 Å². The molecule has 0 bridgehead atoms. The second kappa shape index (κ2) is 18.4. The van der Waals surface area contributed by atoms with Gasteiger partial charge in [0.25, 0.3) is 0 Å². The maximum Gasteiger partial charge on any atom is 4.00 e. The Balaban J connectivity index is 0.000000159. The molecule has 7 aromatic rings. The van der Waals surface area contributed by atoms with Crippen LogP contribution in [0.15, 0.2) is 158 Å². The second-order valence-electron chi connectivity index (χ2n) is 19.7. The molecule has 12 rings (SSSR count). The van der Waals surface area contributed by atoms with Crippen LogP contribution in [-0.2, 0) is 21.1 Å². The molecule has 0 amide bonds. The van der Waals surface area contributed by atoms with Gasteiger partial charge in [-0.2, -0.15) is 13.3 Å². The van der Waals surface area contributed by atoms with Gasteiger partial charge in [-0.3, -0.25) is 0 Å². The van der Waals surface area contributed by atoms with Crippen LogP contribution < -0.4 is 36.0 Å². The maximum atomic E-state index is 5.19. The first-order valence-corrected chi connectivity index (χ1v) is 24.1. The second-order valence-corrected chi connectivity index (χ2v) is 19.7. The van der Waals surface area contributed by atoms with Gasteiger partial charge in [0.15, 0.2) is 0 Å². The normalized spacial score (nSPS) is 14.7. The summed E-state index contributed by atoms with van der Waals surface area (Å²) in [5.41, 5.74) is 23.6. The van der Waals surface area contributed by atoms with Crippen LogP contribution in [0.4, 0.5) is 56.9 Å². The van der Waals surface area contributed by atoms with Crippen LogP contribution in [0.5, 0.6) is 0 Å². The molecule has 0 N–H and O–H groups in total. The van der Waals surface area contributed by atoms with Crippen molar-refractivity contribution in [1.82, 2.24) is 9.80 Å². The summed E-state index contributed by atoms with van der Waals surface area (Å²) < 4.78 is 0. The molecule has 346 valence electrons. The van der Waals surface area contributed by atoms with Crippen molar-refractivity contribution in [2.75, 3.05) is 33.7 Å². The summed E-state index contributed by atoms with van der Waals surface area (Å²) in [4.78, 5) is 13.3. The number of aryl methyl sites for hydroxylation is 1. The summed E-state index contributed by atoms with van der Waals surface area (Å²) in [7, 11) is 4.09. The zero-order chi connectivity index (χ0) is 47.0. The number of rotatable bonds is 8. The molecule has 0 fully saturated rings. The zero-order valence-corrected chi connectivity index (χ0v) is 43.2. The van der Waals surface area contributed by atoms with Crippen molar-refractivity contribution in [1.29, 1.82) is 0 Å². The van der Waals surface area contributed by atoms with Crippen molar-refractivity contribution in [3.05, 3.63) is 205 Å². The van der Waals surface area contributed by atoms with E-state index in [2.05, 4.69) is 256 Å². The molecule has 7 nitrogen and oxygen atoms in total. The third-order valence-corrected chi connectivity index (χ3v) is 13.9. The topological polar surface area (TPSA) is 33.5 Å². The fourth-order valence-corrected chi connectivity index (χ4v) is 10.7. The Labute approximate surface area is 424 Å². The molecule has 5 aliphatic rings. The van der Waals surface area contributed by atoms with Crippen LogP contribution in [0.3, 0.4) is 0 Å². The van der Waals surface area contributed by atoms with Crippen molar-refractivity contribution in [3.8, 4) is 11.1 Å². The van der Waals surface area contributed by atoms with Gasteiger partial charge in [-0.05, 0) is 145 Å². The average Bonchev–Trinajstić information content (AvgIpc) is 3.99. The number of benzene rings is 7. The van der Waals surface area contributed by atoms with Gasteiger partial charge in [-0.1, -0.05) is 125 Å². The molecule has 0 unspecified atom stereocenters. The van der Waals surface area contributed by atoms with E-state index in [1.807, 2.05) is 14.1 Å². The van der Waals surface area contributed by atoms with E-state index in [1.54, 1.807) is 0 Å².